The van der Waals surface area contributed by atoms with Crippen LogP contribution in [-0.2, 0) is 4.79 Å². The molecule has 0 spiro atoms. The molecule has 0 bridgehead atoms. The molecule has 0 aromatic heterocycles. The summed E-state index contributed by atoms with van der Waals surface area (Å²) in [4.78, 5) is 12.4. The van der Waals surface area contributed by atoms with E-state index in [1.165, 1.54) is 82.6 Å². The normalized spacial score (nSPS) is 41.6. The summed E-state index contributed by atoms with van der Waals surface area (Å²) >= 11 is 3.53. The van der Waals surface area contributed by atoms with Crippen LogP contribution in [0.15, 0.2) is 11.6 Å². The van der Waals surface area contributed by atoms with Gasteiger partial charge in [0.1, 0.15) is 0 Å². The van der Waals surface area contributed by atoms with Gasteiger partial charge in [0.25, 0.3) is 0 Å². The number of rotatable bonds is 11. The Hall–Kier alpha value is -0.150. The van der Waals surface area contributed by atoms with Crippen LogP contribution in [0.25, 0.3) is 0 Å². The highest BCUT2D eigenvalue weighted by molar-refractivity contribution is 9.09. The summed E-state index contributed by atoms with van der Waals surface area (Å²) in [7, 11) is 0. The monoisotopic (exact) mass is 534 g/mol. The maximum Gasteiger partial charge on any atom is 0.155 e. The van der Waals surface area contributed by atoms with Gasteiger partial charge in [0, 0.05) is 11.8 Å². The van der Waals surface area contributed by atoms with Crippen molar-refractivity contribution in [2.24, 2.45) is 34.5 Å². The topological polar surface area (TPSA) is 37.3 Å². The van der Waals surface area contributed by atoms with Crippen molar-refractivity contribution in [1.29, 1.82) is 0 Å². The molecule has 0 heterocycles. The molecule has 4 aliphatic rings. The van der Waals surface area contributed by atoms with Gasteiger partial charge >= 0.3 is 0 Å². The smallest absolute Gasteiger partial charge is 0.155 e. The van der Waals surface area contributed by atoms with Crippen LogP contribution in [0.5, 0.6) is 0 Å². The number of hydrogen-bond donors (Lipinski definition) is 1. The van der Waals surface area contributed by atoms with E-state index in [4.69, 9.17) is 0 Å². The van der Waals surface area contributed by atoms with Gasteiger partial charge < -0.3 is 5.11 Å². The molecule has 3 fully saturated rings. The molecule has 34 heavy (non-hydrogen) atoms. The number of fused-ring (bicyclic) bond motifs is 5. The van der Waals surface area contributed by atoms with E-state index in [0.29, 0.717) is 23.5 Å². The predicted octanol–water partition coefficient (Wildman–Crippen LogP) is 8.79. The third kappa shape index (κ3) is 5.13. The molecule has 3 saturated carbocycles. The van der Waals surface area contributed by atoms with E-state index in [1.54, 1.807) is 0 Å². The zero-order valence-corrected chi connectivity index (χ0v) is 23.9. The number of ketones is 1. The van der Waals surface area contributed by atoms with E-state index in [0.717, 1.165) is 43.4 Å². The Morgan fingerprint density at radius 1 is 0.882 bits per heavy atom. The molecule has 194 valence electrons. The molecular weight excluding hydrogens is 484 g/mol. The highest BCUT2D eigenvalue weighted by atomic mass is 79.9. The third-order valence-corrected chi connectivity index (χ3v) is 12.0. The second kappa shape index (κ2) is 11.1. The van der Waals surface area contributed by atoms with Crippen LogP contribution in [-0.4, -0.2) is 21.8 Å². The van der Waals surface area contributed by atoms with Crippen molar-refractivity contribution in [3.05, 3.63) is 11.6 Å². The molecule has 2 unspecified atom stereocenters. The third-order valence-electron chi connectivity index (χ3n) is 11.4. The van der Waals surface area contributed by atoms with Crippen LogP contribution >= 0.6 is 15.9 Å². The summed E-state index contributed by atoms with van der Waals surface area (Å²) in [5, 5.41) is 12.5. The Kier molecular flexibility index (Phi) is 8.76. The molecule has 1 N–H and O–H groups in total. The standard InChI is InChI=1S/C31H51BrO2/c1-29-17-14-25(33)22-24(29)21-23(13-11-9-7-5-4-6-8-10-12-20-32)28-26(29)15-18-30(2)27(28)16-19-31(30,3)34/h22-23,26-28,34H,4-21H2,1-3H3/t23?,26-,27+,28-,29+,30+,31?/m1/s1. The number of carbonyl (C=O) groups is 1. The molecule has 4 rings (SSSR count). The van der Waals surface area contributed by atoms with E-state index >= 15 is 0 Å². The minimum Gasteiger partial charge on any atom is -0.390 e. The van der Waals surface area contributed by atoms with Gasteiger partial charge in [-0.2, -0.15) is 0 Å². The second-order valence-corrected chi connectivity index (χ2v) is 14.0. The molecule has 2 nitrogen and oxygen atoms in total. The van der Waals surface area contributed by atoms with Gasteiger partial charge in [-0.15, -0.1) is 0 Å². The summed E-state index contributed by atoms with van der Waals surface area (Å²) in [5.41, 5.74) is 1.27. The van der Waals surface area contributed by atoms with Gasteiger partial charge in [0.15, 0.2) is 5.78 Å². The number of halogens is 1. The first-order valence-electron chi connectivity index (χ1n) is 14.8. The van der Waals surface area contributed by atoms with E-state index in [2.05, 4.69) is 42.8 Å². The second-order valence-electron chi connectivity index (χ2n) is 13.2. The summed E-state index contributed by atoms with van der Waals surface area (Å²) in [6.45, 7) is 7.03. The van der Waals surface area contributed by atoms with Crippen LogP contribution in [0.1, 0.15) is 130 Å². The van der Waals surface area contributed by atoms with Gasteiger partial charge in [0.2, 0.25) is 0 Å². The van der Waals surface area contributed by atoms with E-state index in [1.807, 2.05) is 0 Å². The first-order valence-corrected chi connectivity index (χ1v) is 15.9. The first kappa shape index (κ1) is 26.9. The number of allylic oxidation sites excluding steroid dienone is 1. The lowest BCUT2D eigenvalue weighted by molar-refractivity contribution is -0.135. The number of carbonyl (C=O) groups excluding carboxylic acids is 1. The van der Waals surface area contributed by atoms with Crippen LogP contribution in [0.2, 0.25) is 0 Å². The van der Waals surface area contributed by atoms with Crippen molar-refractivity contribution in [3.8, 4) is 0 Å². The van der Waals surface area contributed by atoms with Gasteiger partial charge in [-0.1, -0.05) is 86.7 Å². The van der Waals surface area contributed by atoms with Crippen LogP contribution in [0.4, 0.5) is 0 Å². The van der Waals surface area contributed by atoms with Gasteiger partial charge in [0.05, 0.1) is 5.60 Å². The fourth-order valence-corrected chi connectivity index (χ4v) is 9.38. The van der Waals surface area contributed by atoms with Crippen LogP contribution in [0.3, 0.4) is 0 Å². The molecule has 7 atom stereocenters. The summed E-state index contributed by atoms with van der Waals surface area (Å²) in [6.07, 6.45) is 23.3. The zero-order valence-electron chi connectivity index (χ0n) is 22.3. The van der Waals surface area contributed by atoms with Gasteiger partial charge in [-0.05, 0) is 98.9 Å². The van der Waals surface area contributed by atoms with Crippen molar-refractivity contribution < 1.29 is 9.90 Å². The molecule has 4 aliphatic carbocycles. The minimum absolute atomic E-state index is 0.0727. The maximum atomic E-state index is 12.4. The highest BCUT2D eigenvalue weighted by Crippen LogP contribution is 2.69. The fourth-order valence-electron chi connectivity index (χ4n) is 8.98. The van der Waals surface area contributed by atoms with Crippen molar-refractivity contribution in [2.45, 2.75) is 136 Å². The predicted molar refractivity (Wildman–Crippen MR) is 146 cm³/mol. The largest absolute Gasteiger partial charge is 0.390 e. The first-order chi connectivity index (χ1) is 16.2. The van der Waals surface area contributed by atoms with Crippen molar-refractivity contribution in [2.75, 3.05) is 5.33 Å². The Morgan fingerprint density at radius 2 is 1.50 bits per heavy atom. The SMILES string of the molecule is CC1(O)CC[C@H]2[C@@H]3C(CCCCCCCCCCCBr)CC4=CC(=O)CC[C@]4(C)[C@@H]3CC[C@@]21C. The molecule has 0 aromatic carbocycles. The Balaban J connectivity index is 1.39. The van der Waals surface area contributed by atoms with Crippen molar-refractivity contribution in [1.82, 2.24) is 0 Å². The lowest BCUT2D eigenvalue weighted by atomic mass is 9.44. The Morgan fingerprint density at radius 3 is 2.18 bits per heavy atom. The van der Waals surface area contributed by atoms with E-state index in [9.17, 15) is 9.90 Å². The average molecular weight is 536 g/mol. The Labute approximate surface area is 218 Å². The van der Waals surface area contributed by atoms with Crippen molar-refractivity contribution >= 4 is 21.7 Å². The minimum atomic E-state index is -0.513. The quantitative estimate of drug-likeness (QED) is 0.212. The lowest BCUT2D eigenvalue weighted by Crippen LogP contribution is -2.56. The highest BCUT2D eigenvalue weighted by Gasteiger charge is 2.64. The molecule has 0 amide bonds. The summed E-state index contributed by atoms with van der Waals surface area (Å²) in [6, 6.07) is 0. The summed E-state index contributed by atoms with van der Waals surface area (Å²) < 4.78 is 0. The Bertz CT molecular complexity index is 742. The van der Waals surface area contributed by atoms with Crippen LogP contribution in [0, 0.1) is 34.5 Å². The molecule has 3 heteroatoms. The van der Waals surface area contributed by atoms with E-state index < -0.39 is 5.60 Å². The molecular formula is C31H51BrO2. The number of aliphatic hydroxyl groups is 1. The number of alkyl halides is 1. The van der Waals surface area contributed by atoms with Crippen molar-refractivity contribution in [3.63, 3.8) is 0 Å². The van der Waals surface area contributed by atoms with Gasteiger partial charge in [-0.25, -0.2) is 0 Å². The van der Waals surface area contributed by atoms with E-state index in [-0.39, 0.29) is 10.8 Å². The lowest BCUT2D eigenvalue weighted by Gasteiger charge is -2.61. The van der Waals surface area contributed by atoms with Crippen LogP contribution < -0.4 is 0 Å². The number of hydrogen-bond acceptors (Lipinski definition) is 2. The molecule has 0 aromatic rings. The molecule has 0 aliphatic heterocycles. The molecule has 0 saturated heterocycles. The fraction of sp³-hybridized carbons (Fsp3) is 0.903. The number of unbranched alkanes of at least 4 members (excludes halogenated alkanes) is 8. The molecule has 0 radical (unpaired) electrons. The van der Waals surface area contributed by atoms with Gasteiger partial charge in [-0.3, -0.25) is 4.79 Å². The maximum absolute atomic E-state index is 12.4. The zero-order chi connectivity index (χ0) is 24.4. The summed E-state index contributed by atoms with van der Waals surface area (Å²) in [5.74, 6) is 3.17. The average Bonchev–Trinajstić information content (AvgIpc) is 3.05.